The Balaban J connectivity index is 1.41. The third kappa shape index (κ3) is 3.82. The number of hydrogen-bond donors (Lipinski definition) is 0. The quantitative estimate of drug-likeness (QED) is 0.252. The number of anilines is 2. The van der Waals surface area contributed by atoms with Crippen LogP contribution in [0.1, 0.15) is 11.8 Å². The molecule has 2 aliphatic heterocycles. The molecule has 2 aliphatic rings. The first kappa shape index (κ1) is 22.3. The van der Waals surface area contributed by atoms with E-state index in [1.807, 2.05) is 66.7 Å². The molecule has 0 aliphatic carbocycles. The van der Waals surface area contributed by atoms with Gasteiger partial charge in [0, 0.05) is 14.5 Å². The fourth-order valence-corrected chi connectivity index (χ4v) is 5.16. The summed E-state index contributed by atoms with van der Waals surface area (Å²) in [6, 6.07) is 27.4. The van der Waals surface area contributed by atoms with Crippen molar-refractivity contribution in [1.82, 2.24) is 0 Å². The predicted molar refractivity (Wildman–Crippen MR) is 139 cm³/mol. The minimum absolute atomic E-state index is 0.313. The highest BCUT2D eigenvalue weighted by Crippen LogP contribution is 2.48. The Morgan fingerprint density at radius 3 is 2.03 bits per heavy atom. The average Bonchev–Trinajstić information content (AvgIpc) is 3.56. The number of rotatable bonds is 4. The van der Waals surface area contributed by atoms with Crippen molar-refractivity contribution in [2.75, 3.05) is 9.96 Å². The van der Waals surface area contributed by atoms with Gasteiger partial charge in [-0.1, -0.05) is 62.2 Å². The van der Waals surface area contributed by atoms with Crippen LogP contribution in [0, 0.1) is 5.92 Å². The number of halogens is 2. The Kier molecular flexibility index (Phi) is 5.59. The van der Waals surface area contributed by atoms with E-state index in [0.29, 0.717) is 17.2 Å². The molecular weight excluding hydrogens is 576 g/mol. The summed E-state index contributed by atoms with van der Waals surface area (Å²) in [4.78, 5) is 34.5. The molecule has 2 saturated heterocycles. The van der Waals surface area contributed by atoms with Crippen LogP contribution in [0.15, 0.2) is 104 Å². The number of furan rings is 1. The first-order valence-corrected chi connectivity index (χ1v) is 12.6. The number of benzene rings is 3. The number of hydrogen-bond acceptors (Lipinski definition) is 5. The highest BCUT2D eigenvalue weighted by Gasteiger charge is 2.61. The molecule has 3 heterocycles. The fourth-order valence-electron chi connectivity index (χ4n) is 4.63. The molecule has 0 saturated carbocycles. The zero-order valence-corrected chi connectivity index (χ0v) is 21.3. The van der Waals surface area contributed by atoms with Crippen molar-refractivity contribution in [2.24, 2.45) is 5.92 Å². The zero-order valence-electron chi connectivity index (χ0n) is 18.2. The van der Waals surface area contributed by atoms with Gasteiger partial charge in [-0.25, -0.2) is 9.96 Å². The van der Waals surface area contributed by atoms with Crippen LogP contribution >= 0.6 is 31.9 Å². The Morgan fingerprint density at radius 1 is 0.686 bits per heavy atom. The van der Waals surface area contributed by atoms with Crippen molar-refractivity contribution in [1.29, 1.82) is 0 Å². The fraction of sp³-hybridized carbons (Fsp3) is 0.111. The van der Waals surface area contributed by atoms with Crippen LogP contribution in [-0.4, -0.2) is 17.9 Å². The van der Waals surface area contributed by atoms with Gasteiger partial charge in [-0.2, -0.15) is 0 Å². The van der Waals surface area contributed by atoms with Crippen LogP contribution in [0.5, 0.6) is 0 Å². The molecule has 2 amide bonds. The third-order valence-electron chi connectivity index (χ3n) is 6.26. The molecule has 3 atom stereocenters. The second kappa shape index (κ2) is 8.78. The number of nitrogens with zero attached hydrogens (tertiary/aromatic N) is 2. The molecule has 174 valence electrons. The van der Waals surface area contributed by atoms with Gasteiger partial charge in [0.15, 0.2) is 6.10 Å². The van der Waals surface area contributed by atoms with Crippen LogP contribution in [0.25, 0.3) is 11.3 Å². The van der Waals surface area contributed by atoms with Gasteiger partial charge in [-0.15, -0.1) is 0 Å². The molecule has 6 rings (SSSR count). The van der Waals surface area contributed by atoms with Crippen molar-refractivity contribution in [2.45, 2.75) is 12.1 Å². The van der Waals surface area contributed by atoms with E-state index in [0.717, 1.165) is 20.2 Å². The summed E-state index contributed by atoms with van der Waals surface area (Å²) in [5.41, 5.74) is 2.16. The van der Waals surface area contributed by atoms with E-state index in [2.05, 4.69) is 31.9 Å². The first-order chi connectivity index (χ1) is 17.0. The van der Waals surface area contributed by atoms with Crippen LogP contribution in [-0.2, 0) is 14.4 Å². The second-order valence-corrected chi connectivity index (χ2v) is 10.2. The Morgan fingerprint density at radius 2 is 1.34 bits per heavy atom. The van der Waals surface area contributed by atoms with Crippen LogP contribution in [0.2, 0.25) is 0 Å². The lowest BCUT2D eigenvalue weighted by Crippen LogP contribution is -2.37. The van der Waals surface area contributed by atoms with E-state index in [9.17, 15) is 9.59 Å². The molecule has 2 fully saturated rings. The summed E-state index contributed by atoms with van der Waals surface area (Å²) < 4.78 is 8.10. The Labute approximate surface area is 218 Å². The van der Waals surface area contributed by atoms with Crippen molar-refractivity contribution in [3.63, 3.8) is 0 Å². The summed E-state index contributed by atoms with van der Waals surface area (Å²) >= 11 is 6.85. The van der Waals surface area contributed by atoms with Gasteiger partial charge < -0.3 is 4.42 Å². The molecule has 3 aromatic carbocycles. The summed E-state index contributed by atoms with van der Waals surface area (Å²) in [5.74, 6) is -0.225. The molecule has 0 N–H and O–H groups in total. The highest BCUT2D eigenvalue weighted by atomic mass is 79.9. The predicted octanol–water partition coefficient (Wildman–Crippen LogP) is 6.52. The van der Waals surface area contributed by atoms with Gasteiger partial charge >= 0.3 is 0 Å². The standard InChI is InChI=1S/C27H18Br2N2O4/c28-17-8-6-16(7-9-17)21-14-15-22(34-21)24-23-25(35-31(24)20-4-2-1-3-5-20)27(33)30(26(23)32)19-12-10-18(29)11-13-19/h1-15,23-25H/t23-,24+,25-/m1/s1. The first-order valence-electron chi connectivity index (χ1n) is 11.0. The molecule has 4 aromatic rings. The molecule has 0 unspecified atom stereocenters. The molecule has 35 heavy (non-hydrogen) atoms. The van der Waals surface area contributed by atoms with Crippen molar-refractivity contribution < 1.29 is 18.8 Å². The van der Waals surface area contributed by atoms with E-state index < -0.39 is 18.1 Å². The second-order valence-electron chi connectivity index (χ2n) is 8.36. The van der Waals surface area contributed by atoms with Crippen LogP contribution in [0.3, 0.4) is 0 Å². The maximum Gasteiger partial charge on any atom is 0.266 e. The smallest absolute Gasteiger partial charge is 0.266 e. The SMILES string of the molecule is O=C1[C@H]2[C@@H](ON(c3ccccc3)[C@H]2c2ccc(-c3ccc(Br)cc3)o2)C(=O)N1c1ccc(Br)cc1. The number of carbonyl (C=O) groups excluding carboxylic acids is 2. The monoisotopic (exact) mass is 592 g/mol. The Bertz CT molecular complexity index is 1400. The highest BCUT2D eigenvalue weighted by molar-refractivity contribution is 9.10. The normalized spacial score (nSPS) is 21.6. The van der Waals surface area contributed by atoms with E-state index in [1.54, 1.807) is 29.3 Å². The maximum atomic E-state index is 13.7. The lowest BCUT2D eigenvalue weighted by atomic mass is 9.94. The summed E-state index contributed by atoms with van der Waals surface area (Å²) in [7, 11) is 0. The molecular formula is C27H18Br2N2O4. The van der Waals surface area contributed by atoms with Gasteiger partial charge in [0.05, 0.1) is 11.4 Å². The zero-order chi connectivity index (χ0) is 24.1. The number of para-hydroxylation sites is 1. The van der Waals surface area contributed by atoms with E-state index in [-0.39, 0.29) is 11.8 Å². The minimum Gasteiger partial charge on any atom is -0.459 e. The molecule has 0 spiro atoms. The van der Waals surface area contributed by atoms with Gasteiger partial charge in [0.2, 0.25) is 5.91 Å². The van der Waals surface area contributed by atoms with E-state index in [1.165, 1.54) is 4.90 Å². The largest absolute Gasteiger partial charge is 0.459 e. The van der Waals surface area contributed by atoms with Crippen LogP contribution < -0.4 is 9.96 Å². The number of amides is 2. The average molecular weight is 594 g/mol. The Hall–Kier alpha value is -3.20. The van der Waals surface area contributed by atoms with Gasteiger partial charge in [-0.05, 0) is 60.7 Å². The number of hydroxylamine groups is 1. The lowest BCUT2D eigenvalue weighted by molar-refractivity contribution is -0.126. The number of imide groups is 1. The number of carbonyl (C=O) groups is 2. The van der Waals surface area contributed by atoms with Crippen molar-refractivity contribution in [3.8, 4) is 11.3 Å². The van der Waals surface area contributed by atoms with E-state index >= 15 is 0 Å². The lowest BCUT2D eigenvalue weighted by Gasteiger charge is -2.27. The summed E-state index contributed by atoms with van der Waals surface area (Å²) in [6.45, 7) is 0. The number of fused-ring (bicyclic) bond motifs is 1. The maximum absolute atomic E-state index is 13.7. The molecule has 0 bridgehead atoms. The van der Waals surface area contributed by atoms with Gasteiger partial charge in [0.25, 0.3) is 5.91 Å². The van der Waals surface area contributed by atoms with Gasteiger partial charge in [-0.3, -0.25) is 14.4 Å². The summed E-state index contributed by atoms with van der Waals surface area (Å²) in [6.07, 6.45) is -0.947. The summed E-state index contributed by atoms with van der Waals surface area (Å²) in [5, 5.41) is 1.63. The molecule has 1 aromatic heterocycles. The molecule has 0 radical (unpaired) electrons. The minimum atomic E-state index is -0.947. The van der Waals surface area contributed by atoms with Gasteiger partial charge in [0.1, 0.15) is 23.5 Å². The molecule has 8 heteroatoms. The van der Waals surface area contributed by atoms with E-state index in [4.69, 9.17) is 9.25 Å². The molecule has 6 nitrogen and oxygen atoms in total. The van der Waals surface area contributed by atoms with Crippen LogP contribution in [0.4, 0.5) is 11.4 Å². The topological polar surface area (TPSA) is 63.0 Å². The van der Waals surface area contributed by atoms with Crippen molar-refractivity contribution in [3.05, 3.63) is 106 Å². The third-order valence-corrected chi connectivity index (χ3v) is 7.32. The van der Waals surface area contributed by atoms with Crippen molar-refractivity contribution >= 4 is 55.0 Å².